The molecule has 6 rings (SSSR count). The number of fused-ring (bicyclic) bond motifs is 4. The van der Waals surface area contributed by atoms with Crippen molar-refractivity contribution in [1.82, 2.24) is 25.2 Å². The van der Waals surface area contributed by atoms with Gasteiger partial charge in [0, 0.05) is 38.4 Å². The van der Waals surface area contributed by atoms with Crippen LogP contribution in [-0.2, 0) is 24.3 Å². The molecule has 9 heteroatoms. The van der Waals surface area contributed by atoms with Gasteiger partial charge in [-0.05, 0) is 43.0 Å². The third-order valence-corrected chi connectivity index (χ3v) is 6.47. The average molecular weight is 413 g/mol. The van der Waals surface area contributed by atoms with E-state index in [4.69, 9.17) is 14.6 Å². The molecule has 3 saturated heterocycles. The Morgan fingerprint density at radius 2 is 2.20 bits per heavy atom. The summed E-state index contributed by atoms with van der Waals surface area (Å²) in [5.41, 5.74) is 1.82. The van der Waals surface area contributed by atoms with E-state index in [1.54, 1.807) is 0 Å². The highest BCUT2D eigenvalue weighted by atomic mass is 16.7. The van der Waals surface area contributed by atoms with Crippen molar-refractivity contribution in [2.45, 2.75) is 38.4 Å². The van der Waals surface area contributed by atoms with Gasteiger partial charge in [-0.2, -0.15) is 0 Å². The summed E-state index contributed by atoms with van der Waals surface area (Å²) in [5, 5.41) is 20.4. The number of carbonyl (C=O) groups excluding carboxylic acids is 1. The molecular formula is C21H27N5O4. The van der Waals surface area contributed by atoms with Crippen molar-refractivity contribution in [3.05, 3.63) is 35.7 Å². The van der Waals surface area contributed by atoms with Crippen LogP contribution in [0, 0.1) is 11.8 Å². The van der Waals surface area contributed by atoms with Crippen LogP contribution < -0.4 is 14.8 Å². The minimum absolute atomic E-state index is 0.0321. The van der Waals surface area contributed by atoms with Crippen LogP contribution in [0.1, 0.15) is 24.1 Å². The van der Waals surface area contributed by atoms with Crippen molar-refractivity contribution in [3.8, 4) is 11.5 Å². The molecule has 3 fully saturated rings. The lowest BCUT2D eigenvalue weighted by molar-refractivity contribution is -0.133. The molecule has 5 heterocycles. The molecule has 0 aliphatic carbocycles. The van der Waals surface area contributed by atoms with E-state index in [9.17, 15) is 4.79 Å². The molecule has 1 amide bonds. The number of ether oxygens (including phenoxy) is 2. The van der Waals surface area contributed by atoms with Crippen LogP contribution in [0.15, 0.2) is 24.4 Å². The highest BCUT2D eigenvalue weighted by Gasteiger charge is 2.43. The van der Waals surface area contributed by atoms with Crippen LogP contribution in [0.3, 0.4) is 0 Å². The van der Waals surface area contributed by atoms with Gasteiger partial charge in [0.05, 0.1) is 18.2 Å². The van der Waals surface area contributed by atoms with Crippen LogP contribution in [0.4, 0.5) is 0 Å². The molecule has 0 spiro atoms. The first kappa shape index (κ1) is 19.3. The second kappa shape index (κ2) is 8.23. The van der Waals surface area contributed by atoms with Gasteiger partial charge in [0.25, 0.3) is 0 Å². The minimum Gasteiger partial charge on any atom is -0.454 e. The van der Waals surface area contributed by atoms with E-state index in [2.05, 4.69) is 20.5 Å². The first-order valence-electron chi connectivity index (χ1n) is 10.6. The van der Waals surface area contributed by atoms with Gasteiger partial charge < -0.3 is 19.9 Å². The predicted molar refractivity (Wildman–Crippen MR) is 107 cm³/mol. The molecule has 0 saturated carbocycles. The number of aliphatic hydroxyl groups excluding tert-OH is 1. The van der Waals surface area contributed by atoms with Crippen LogP contribution in [0.2, 0.25) is 0 Å². The number of hydrogen-bond donors (Lipinski definition) is 2. The van der Waals surface area contributed by atoms with Gasteiger partial charge in [-0.3, -0.25) is 14.4 Å². The SMILES string of the molecule is O=C(NCc1ccc2c(c1)OCO2)[C@H]1CN2CCC1C[C@@H]2Cn1cc(CCO)nn1. The molecule has 2 unspecified atom stereocenters. The number of piperidine rings is 3. The van der Waals surface area contributed by atoms with E-state index in [1.165, 1.54) is 0 Å². The molecule has 4 atom stereocenters. The van der Waals surface area contributed by atoms with Gasteiger partial charge in [0.2, 0.25) is 12.7 Å². The lowest BCUT2D eigenvalue weighted by atomic mass is 9.75. The van der Waals surface area contributed by atoms with Crippen LogP contribution >= 0.6 is 0 Å². The number of aromatic nitrogens is 3. The number of carbonyl (C=O) groups is 1. The Bertz CT molecular complexity index is 917. The zero-order valence-electron chi connectivity index (χ0n) is 16.9. The molecule has 2 N–H and O–H groups in total. The van der Waals surface area contributed by atoms with Gasteiger partial charge in [0.15, 0.2) is 11.5 Å². The highest BCUT2D eigenvalue weighted by Crippen LogP contribution is 2.37. The predicted octanol–water partition coefficient (Wildman–Crippen LogP) is 0.568. The second-order valence-corrected chi connectivity index (χ2v) is 8.35. The molecule has 1 aromatic heterocycles. The molecule has 9 nitrogen and oxygen atoms in total. The summed E-state index contributed by atoms with van der Waals surface area (Å²) < 4.78 is 12.6. The van der Waals surface area contributed by atoms with Crippen molar-refractivity contribution >= 4 is 5.91 Å². The summed E-state index contributed by atoms with van der Waals surface area (Å²) in [5.74, 6) is 2.06. The van der Waals surface area contributed by atoms with Crippen LogP contribution in [0.25, 0.3) is 0 Å². The molecular weight excluding hydrogens is 386 g/mol. The van der Waals surface area contributed by atoms with Crippen molar-refractivity contribution in [3.63, 3.8) is 0 Å². The summed E-state index contributed by atoms with van der Waals surface area (Å²) in [6.45, 7) is 3.43. The molecule has 2 aromatic rings. The standard InChI is InChI=1S/C21H27N5O4/c27-6-4-16-10-26(24-23-16)11-17-8-15-3-5-25(17)12-18(15)21(28)22-9-14-1-2-19-20(7-14)30-13-29-19/h1-2,7,10,15,17-18,27H,3-6,8-9,11-13H2,(H,22,28)/t15?,17-,18+/m1/s1. The second-order valence-electron chi connectivity index (χ2n) is 8.35. The fourth-order valence-electron chi connectivity index (χ4n) is 4.87. The monoisotopic (exact) mass is 413 g/mol. The summed E-state index contributed by atoms with van der Waals surface area (Å²) in [6.07, 6.45) is 4.50. The van der Waals surface area contributed by atoms with E-state index in [0.717, 1.165) is 55.2 Å². The smallest absolute Gasteiger partial charge is 0.231 e. The number of aliphatic hydroxyl groups is 1. The molecule has 1 aromatic carbocycles. The van der Waals surface area contributed by atoms with Crippen molar-refractivity contribution in [1.29, 1.82) is 0 Å². The number of nitrogens with zero attached hydrogens (tertiary/aromatic N) is 4. The number of nitrogens with one attached hydrogen (secondary N) is 1. The quantitative estimate of drug-likeness (QED) is 0.684. The normalized spacial score (nSPS) is 26.7. The Balaban J connectivity index is 1.16. The van der Waals surface area contributed by atoms with E-state index in [-0.39, 0.29) is 25.2 Å². The van der Waals surface area contributed by atoms with Crippen molar-refractivity contribution in [2.24, 2.45) is 11.8 Å². The Morgan fingerprint density at radius 3 is 3.03 bits per heavy atom. The third-order valence-electron chi connectivity index (χ3n) is 6.47. The zero-order chi connectivity index (χ0) is 20.5. The number of benzene rings is 1. The van der Waals surface area contributed by atoms with Crippen molar-refractivity contribution < 1.29 is 19.4 Å². The molecule has 2 bridgehead atoms. The Morgan fingerprint density at radius 1 is 1.30 bits per heavy atom. The Labute approximate surface area is 175 Å². The molecule has 160 valence electrons. The average Bonchev–Trinajstić information content (AvgIpc) is 3.41. The molecule has 4 aliphatic rings. The minimum atomic E-state index is 0.0321. The Kier molecular flexibility index (Phi) is 5.30. The lowest BCUT2D eigenvalue weighted by Crippen LogP contribution is -2.58. The van der Waals surface area contributed by atoms with E-state index < -0.39 is 0 Å². The van der Waals surface area contributed by atoms with E-state index in [0.29, 0.717) is 24.9 Å². The highest BCUT2D eigenvalue weighted by molar-refractivity contribution is 5.79. The first-order chi connectivity index (χ1) is 14.7. The van der Waals surface area contributed by atoms with Crippen molar-refractivity contribution in [2.75, 3.05) is 26.5 Å². The van der Waals surface area contributed by atoms with Gasteiger partial charge >= 0.3 is 0 Å². The maximum absolute atomic E-state index is 12.9. The number of hydrogen-bond acceptors (Lipinski definition) is 7. The van der Waals surface area contributed by atoms with Gasteiger partial charge in [-0.15, -0.1) is 5.10 Å². The molecule has 30 heavy (non-hydrogen) atoms. The maximum Gasteiger partial charge on any atom is 0.231 e. The van der Waals surface area contributed by atoms with Gasteiger partial charge in [0.1, 0.15) is 0 Å². The number of rotatable bonds is 7. The summed E-state index contributed by atoms with van der Waals surface area (Å²) in [7, 11) is 0. The molecule has 4 aliphatic heterocycles. The van der Waals surface area contributed by atoms with Gasteiger partial charge in [-0.1, -0.05) is 11.3 Å². The van der Waals surface area contributed by atoms with E-state index >= 15 is 0 Å². The first-order valence-corrected chi connectivity index (χ1v) is 10.6. The fourth-order valence-corrected chi connectivity index (χ4v) is 4.87. The number of amides is 1. The third kappa shape index (κ3) is 3.87. The maximum atomic E-state index is 12.9. The van der Waals surface area contributed by atoms with Crippen LogP contribution in [-0.4, -0.2) is 63.4 Å². The topological polar surface area (TPSA) is 102 Å². The zero-order valence-corrected chi connectivity index (χ0v) is 16.9. The Hall–Kier alpha value is -2.65. The fraction of sp³-hybridized carbons (Fsp3) is 0.571. The summed E-state index contributed by atoms with van der Waals surface area (Å²) in [6, 6.07) is 6.16. The largest absolute Gasteiger partial charge is 0.454 e. The summed E-state index contributed by atoms with van der Waals surface area (Å²) >= 11 is 0. The van der Waals surface area contributed by atoms with Gasteiger partial charge in [-0.25, -0.2) is 0 Å². The van der Waals surface area contributed by atoms with E-state index in [1.807, 2.05) is 29.1 Å². The lowest BCUT2D eigenvalue weighted by Gasteiger charge is -2.49. The summed E-state index contributed by atoms with van der Waals surface area (Å²) in [4.78, 5) is 15.3. The van der Waals surface area contributed by atoms with Crippen LogP contribution in [0.5, 0.6) is 11.5 Å². The molecule has 0 radical (unpaired) electrons.